The third-order valence-electron chi connectivity index (χ3n) is 4.08. The van der Waals surface area contributed by atoms with Gasteiger partial charge in [0.25, 0.3) is 5.91 Å². The van der Waals surface area contributed by atoms with Crippen LogP contribution in [0.25, 0.3) is 0 Å². The summed E-state index contributed by atoms with van der Waals surface area (Å²) in [6.45, 7) is 6.45. The molecule has 132 valence electrons. The largest absolute Gasteiger partial charge is 0.444 e. The second-order valence-corrected chi connectivity index (χ2v) is 7.02. The fourth-order valence-corrected chi connectivity index (χ4v) is 2.96. The van der Waals surface area contributed by atoms with Crippen molar-refractivity contribution in [1.82, 2.24) is 10.2 Å². The number of hydrogen-bond donors (Lipinski definition) is 1. The van der Waals surface area contributed by atoms with Gasteiger partial charge in [-0.3, -0.25) is 4.79 Å². The van der Waals surface area contributed by atoms with Crippen molar-refractivity contribution in [2.24, 2.45) is 0 Å². The summed E-state index contributed by atoms with van der Waals surface area (Å²) in [5, 5.41) is 2.55. The summed E-state index contributed by atoms with van der Waals surface area (Å²) in [4.78, 5) is 25.7. The highest BCUT2D eigenvalue weighted by atomic mass is 19.1. The minimum atomic E-state index is -0.536. The number of carbonyl (C=O) groups excluding carboxylic acids is 2. The Balaban J connectivity index is 2.10. The van der Waals surface area contributed by atoms with Gasteiger partial charge in [-0.05, 0) is 51.7 Å². The highest BCUT2D eigenvalue weighted by Gasteiger charge is 2.30. The molecule has 1 fully saturated rings. The molecule has 5 nitrogen and oxygen atoms in total. The zero-order valence-corrected chi connectivity index (χ0v) is 14.7. The number of piperidine rings is 1. The maximum absolute atomic E-state index is 14.3. The van der Waals surface area contributed by atoms with Crippen molar-refractivity contribution >= 4 is 12.0 Å². The van der Waals surface area contributed by atoms with Gasteiger partial charge >= 0.3 is 6.09 Å². The topological polar surface area (TPSA) is 58.6 Å². The Kier molecular flexibility index (Phi) is 5.47. The van der Waals surface area contributed by atoms with Crippen LogP contribution in [0.1, 0.15) is 55.5 Å². The molecule has 0 spiro atoms. The molecule has 1 saturated heterocycles. The molecule has 0 radical (unpaired) electrons. The van der Waals surface area contributed by atoms with Crippen molar-refractivity contribution in [3.05, 3.63) is 35.1 Å². The predicted octanol–water partition coefficient (Wildman–Crippen LogP) is 3.30. The lowest BCUT2D eigenvalue weighted by Crippen LogP contribution is -2.41. The molecule has 0 saturated carbocycles. The molecular formula is C18H25FN2O3. The first kappa shape index (κ1) is 18.2. The molecular weight excluding hydrogens is 311 g/mol. The fourth-order valence-electron chi connectivity index (χ4n) is 2.96. The van der Waals surface area contributed by atoms with Crippen LogP contribution < -0.4 is 5.32 Å². The minimum Gasteiger partial charge on any atom is -0.444 e. The second-order valence-electron chi connectivity index (χ2n) is 7.02. The van der Waals surface area contributed by atoms with Crippen LogP contribution in [0, 0.1) is 5.82 Å². The van der Waals surface area contributed by atoms with Gasteiger partial charge in [0.05, 0.1) is 0 Å². The number of halogens is 1. The highest BCUT2D eigenvalue weighted by molar-refractivity contribution is 5.95. The van der Waals surface area contributed by atoms with E-state index in [1.54, 1.807) is 17.0 Å². The first-order valence-electron chi connectivity index (χ1n) is 8.21. The van der Waals surface area contributed by atoms with E-state index in [0.29, 0.717) is 37.1 Å². The van der Waals surface area contributed by atoms with Gasteiger partial charge in [0.2, 0.25) is 0 Å². The molecule has 0 unspecified atom stereocenters. The average molecular weight is 336 g/mol. The van der Waals surface area contributed by atoms with Crippen molar-refractivity contribution in [2.45, 2.75) is 45.1 Å². The van der Waals surface area contributed by atoms with Crippen molar-refractivity contribution in [1.29, 1.82) is 0 Å². The van der Waals surface area contributed by atoms with Gasteiger partial charge in [0, 0.05) is 31.3 Å². The summed E-state index contributed by atoms with van der Waals surface area (Å²) in [7, 11) is 1.53. The maximum atomic E-state index is 14.3. The third-order valence-corrected chi connectivity index (χ3v) is 4.08. The van der Waals surface area contributed by atoms with Crippen molar-refractivity contribution in [2.75, 3.05) is 20.1 Å². The summed E-state index contributed by atoms with van der Waals surface area (Å²) in [6.07, 6.45) is 0.856. The van der Waals surface area contributed by atoms with Crippen LogP contribution in [-0.4, -0.2) is 42.6 Å². The standard InChI is InChI=1S/C18H25FN2O3/c1-18(2,3)24-17(23)21-10-8-12(9-11-21)15-13(16(22)20-4)6-5-7-14(15)19/h5-7,12H,8-11H2,1-4H3,(H,20,22). The van der Waals surface area contributed by atoms with Gasteiger partial charge in [-0.25, -0.2) is 9.18 Å². The lowest BCUT2D eigenvalue weighted by molar-refractivity contribution is 0.0204. The zero-order chi connectivity index (χ0) is 17.9. The van der Waals surface area contributed by atoms with Crippen LogP contribution in [-0.2, 0) is 4.74 Å². The number of carbonyl (C=O) groups is 2. The summed E-state index contributed by atoms with van der Waals surface area (Å²) < 4.78 is 19.7. The SMILES string of the molecule is CNC(=O)c1cccc(F)c1C1CCN(C(=O)OC(C)(C)C)CC1. The fraction of sp³-hybridized carbons (Fsp3) is 0.556. The summed E-state index contributed by atoms with van der Waals surface area (Å²) in [6, 6.07) is 4.55. The van der Waals surface area contributed by atoms with Gasteiger partial charge in [0.15, 0.2) is 0 Å². The van der Waals surface area contributed by atoms with Crippen LogP contribution >= 0.6 is 0 Å². The molecule has 0 atom stereocenters. The van der Waals surface area contributed by atoms with E-state index in [9.17, 15) is 14.0 Å². The van der Waals surface area contributed by atoms with Crippen LogP contribution in [0.3, 0.4) is 0 Å². The molecule has 1 heterocycles. The molecule has 1 aliphatic heterocycles. The summed E-state index contributed by atoms with van der Waals surface area (Å²) in [5.41, 5.74) is 0.278. The van der Waals surface area contributed by atoms with E-state index in [1.807, 2.05) is 20.8 Å². The minimum absolute atomic E-state index is 0.0859. The van der Waals surface area contributed by atoms with Crippen molar-refractivity contribution in [3.8, 4) is 0 Å². The molecule has 24 heavy (non-hydrogen) atoms. The normalized spacial score (nSPS) is 16.0. The maximum Gasteiger partial charge on any atom is 0.410 e. The van der Waals surface area contributed by atoms with Gasteiger partial charge in [-0.2, -0.15) is 0 Å². The number of benzene rings is 1. The van der Waals surface area contributed by atoms with E-state index in [2.05, 4.69) is 5.32 Å². The molecule has 1 aromatic rings. The number of amides is 2. The smallest absolute Gasteiger partial charge is 0.410 e. The van der Waals surface area contributed by atoms with Crippen molar-refractivity contribution < 1.29 is 18.7 Å². The second kappa shape index (κ2) is 7.20. The molecule has 6 heteroatoms. The van der Waals surface area contributed by atoms with Crippen LogP contribution in [0.5, 0.6) is 0 Å². The molecule has 0 aromatic heterocycles. The Morgan fingerprint density at radius 3 is 2.42 bits per heavy atom. The lowest BCUT2D eigenvalue weighted by atomic mass is 9.86. The van der Waals surface area contributed by atoms with Crippen LogP contribution in [0.4, 0.5) is 9.18 Å². The van der Waals surface area contributed by atoms with Crippen molar-refractivity contribution in [3.63, 3.8) is 0 Å². The van der Waals surface area contributed by atoms with E-state index in [0.717, 1.165) is 0 Å². The Hall–Kier alpha value is -2.11. The number of nitrogens with zero attached hydrogens (tertiary/aromatic N) is 1. The number of ether oxygens (including phenoxy) is 1. The average Bonchev–Trinajstić information content (AvgIpc) is 2.52. The van der Waals surface area contributed by atoms with E-state index >= 15 is 0 Å². The number of hydrogen-bond acceptors (Lipinski definition) is 3. The number of likely N-dealkylation sites (tertiary alicyclic amines) is 1. The summed E-state index contributed by atoms with van der Waals surface area (Å²) >= 11 is 0. The Bertz CT molecular complexity index is 617. The quantitative estimate of drug-likeness (QED) is 0.901. The molecule has 1 N–H and O–H groups in total. The molecule has 1 aromatic carbocycles. The zero-order valence-electron chi connectivity index (χ0n) is 14.7. The van der Waals surface area contributed by atoms with Gasteiger partial charge < -0.3 is 15.0 Å². The first-order chi connectivity index (χ1) is 11.2. The Morgan fingerprint density at radius 2 is 1.88 bits per heavy atom. The molecule has 2 amide bonds. The number of rotatable bonds is 2. The Morgan fingerprint density at radius 1 is 1.25 bits per heavy atom. The monoisotopic (exact) mass is 336 g/mol. The van der Waals surface area contributed by atoms with Gasteiger partial charge in [-0.15, -0.1) is 0 Å². The third kappa shape index (κ3) is 4.24. The van der Waals surface area contributed by atoms with Gasteiger partial charge in [-0.1, -0.05) is 6.07 Å². The first-order valence-corrected chi connectivity index (χ1v) is 8.21. The van der Waals surface area contributed by atoms with E-state index < -0.39 is 5.60 Å². The molecule has 2 rings (SSSR count). The molecule has 0 aliphatic carbocycles. The molecule has 0 bridgehead atoms. The van der Waals surface area contributed by atoms with Crippen LogP contribution in [0.15, 0.2) is 18.2 Å². The Labute approximate surface area is 142 Å². The number of nitrogens with one attached hydrogen (secondary N) is 1. The van der Waals surface area contributed by atoms with Gasteiger partial charge in [0.1, 0.15) is 11.4 Å². The van der Waals surface area contributed by atoms with Crippen LogP contribution in [0.2, 0.25) is 0 Å². The molecule has 1 aliphatic rings. The predicted molar refractivity (Wildman–Crippen MR) is 89.6 cm³/mol. The lowest BCUT2D eigenvalue weighted by Gasteiger charge is -2.34. The summed E-state index contributed by atoms with van der Waals surface area (Å²) in [5.74, 6) is -0.747. The van der Waals surface area contributed by atoms with E-state index in [4.69, 9.17) is 4.74 Å². The highest BCUT2D eigenvalue weighted by Crippen LogP contribution is 2.32. The van der Waals surface area contributed by atoms with E-state index in [-0.39, 0.29) is 23.7 Å². The van der Waals surface area contributed by atoms with E-state index in [1.165, 1.54) is 13.1 Å².